The Hall–Kier alpha value is -2.05. The predicted octanol–water partition coefficient (Wildman–Crippen LogP) is 4.28. The van der Waals surface area contributed by atoms with Crippen molar-refractivity contribution < 1.29 is 9.53 Å². The zero-order valence-corrected chi connectivity index (χ0v) is 18.1. The molecule has 0 radical (unpaired) electrons. The van der Waals surface area contributed by atoms with Crippen LogP contribution in [0, 0.1) is 0 Å². The van der Waals surface area contributed by atoms with Crippen LogP contribution in [0.4, 0.5) is 4.79 Å². The van der Waals surface area contributed by atoms with Gasteiger partial charge in [0.05, 0.1) is 17.8 Å². The molecule has 3 rings (SSSR count). The minimum atomic E-state index is -0.487. The highest BCUT2D eigenvalue weighted by Crippen LogP contribution is 2.31. The molecule has 1 aromatic heterocycles. The van der Waals surface area contributed by atoms with Crippen molar-refractivity contribution in [2.24, 2.45) is 0 Å². The average molecular weight is 405 g/mol. The average Bonchev–Trinajstić information content (AvgIpc) is 2.96. The van der Waals surface area contributed by atoms with Crippen LogP contribution < -0.4 is 0 Å². The van der Waals surface area contributed by atoms with Crippen molar-refractivity contribution in [3.8, 4) is 0 Å². The van der Waals surface area contributed by atoms with Crippen molar-refractivity contribution in [3.63, 3.8) is 0 Å². The van der Waals surface area contributed by atoms with Gasteiger partial charge < -0.3 is 14.5 Å². The zero-order chi connectivity index (χ0) is 20.5. The largest absolute Gasteiger partial charge is 0.444 e. The fraction of sp³-hybridized carbons (Fsp3) is 0.524. The first-order valence-electron chi connectivity index (χ1n) is 9.62. The van der Waals surface area contributed by atoms with Crippen LogP contribution in [0.3, 0.4) is 0 Å². The topological polar surface area (TPSA) is 50.6 Å². The lowest BCUT2D eigenvalue weighted by Crippen LogP contribution is -2.39. The van der Waals surface area contributed by atoms with E-state index in [0.717, 1.165) is 41.7 Å². The number of halogens is 1. The summed E-state index contributed by atoms with van der Waals surface area (Å²) in [5.74, 6) is 0. The summed E-state index contributed by atoms with van der Waals surface area (Å²) < 4.78 is 7.52. The molecule has 6 nitrogen and oxygen atoms in total. The number of aromatic nitrogens is 2. The first-order chi connectivity index (χ1) is 13.1. The van der Waals surface area contributed by atoms with Crippen molar-refractivity contribution in [3.05, 3.63) is 35.0 Å². The SMILES string of the molecule is CN(C)CCn1nc(C2=CCN(C(=O)OC(C)(C)C)CC2)c2cc(Cl)ccc21. The number of amides is 1. The quantitative estimate of drug-likeness (QED) is 0.763. The lowest BCUT2D eigenvalue weighted by atomic mass is 10.0. The highest BCUT2D eigenvalue weighted by atomic mass is 35.5. The smallest absolute Gasteiger partial charge is 0.410 e. The van der Waals surface area contributed by atoms with Crippen LogP contribution in [0.15, 0.2) is 24.3 Å². The zero-order valence-electron chi connectivity index (χ0n) is 17.3. The molecule has 1 amide bonds. The maximum absolute atomic E-state index is 12.3. The lowest BCUT2D eigenvalue weighted by Gasteiger charge is -2.29. The van der Waals surface area contributed by atoms with Gasteiger partial charge in [-0.2, -0.15) is 5.10 Å². The summed E-state index contributed by atoms with van der Waals surface area (Å²) in [6.45, 7) is 8.50. The maximum Gasteiger partial charge on any atom is 0.410 e. The first-order valence-corrected chi connectivity index (χ1v) is 10.00. The number of benzene rings is 1. The lowest BCUT2D eigenvalue weighted by molar-refractivity contribution is 0.0270. The van der Waals surface area contributed by atoms with Gasteiger partial charge in [-0.25, -0.2) is 4.79 Å². The van der Waals surface area contributed by atoms with Gasteiger partial charge in [-0.1, -0.05) is 17.7 Å². The Bertz CT molecular complexity index is 896. The van der Waals surface area contributed by atoms with Crippen LogP contribution in [-0.4, -0.2) is 65.0 Å². The Morgan fingerprint density at radius 2 is 2.07 bits per heavy atom. The van der Waals surface area contributed by atoms with Crippen LogP contribution in [0.5, 0.6) is 0 Å². The summed E-state index contributed by atoms with van der Waals surface area (Å²) in [6.07, 6.45) is 2.55. The summed E-state index contributed by atoms with van der Waals surface area (Å²) in [7, 11) is 4.11. The summed E-state index contributed by atoms with van der Waals surface area (Å²) in [6, 6.07) is 5.91. The second-order valence-electron chi connectivity index (χ2n) is 8.44. The molecular weight excluding hydrogens is 376 g/mol. The van der Waals surface area contributed by atoms with Crippen LogP contribution in [0.25, 0.3) is 16.5 Å². The summed E-state index contributed by atoms with van der Waals surface area (Å²) in [5, 5.41) is 6.64. The maximum atomic E-state index is 12.3. The molecule has 0 saturated heterocycles. The minimum absolute atomic E-state index is 0.271. The van der Waals surface area contributed by atoms with Gasteiger partial charge in [-0.05, 0) is 65.1 Å². The van der Waals surface area contributed by atoms with Crippen LogP contribution >= 0.6 is 11.6 Å². The Kier molecular flexibility index (Phi) is 6.01. The molecule has 0 spiro atoms. The molecule has 0 aliphatic carbocycles. The van der Waals surface area contributed by atoms with Gasteiger partial charge in [-0.3, -0.25) is 4.68 Å². The van der Waals surface area contributed by atoms with Crippen molar-refractivity contribution >= 4 is 34.2 Å². The number of rotatable bonds is 4. The molecule has 1 aliphatic rings. The van der Waals surface area contributed by atoms with E-state index in [1.807, 2.05) is 43.7 Å². The van der Waals surface area contributed by atoms with Gasteiger partial charge in [-0.15, -0.1) is 0 Å². The fourth-order valence-corrected chi connectivity index (χ4v) is 3.40. The van der Waals surface area contributed by atoms with Gasteiger partial charge in [0.2, 0.25) is 0 Å². The van der Waals surface area contributed by atoms with Crippen molar-refractivity contribution in [2.75, 3.05) is 33.7 Å². The van der Waals surface area contributed by atoms with Crippen LogP contribution in [-0.2, 0) is 11.3 Å². The molecule has 1 aliphatic heterocycles. The second-order valence-corrected chi connectivity index (χ2v) is 8.88. The van der Waals surface area contributed by atoms with Gasteiger partial charge in [0.25, 0.3) is 0 Å². The molecule has 0 unspecified atom stereocenters. The molecule has 1 aromatic carbocycles. The molecular formula is C21H29ClN4O2. The van der Waals surface area contributed by atoms with Crippen molar-refractivity contribution in [2.45, 2.75) is 39.3 Å². The fourth-order valence-electron chi connectivity index (χ4n) is 3.23. The highest BCUT2D eigenvalue weighted by molar-refractivity contribution is 6.31. The predicted molar refractivity (Wildman–Crippen MR) is 114 cm³/mol. The third kappa shape index (κ3) is 4.86. The third-order valence-corrected chi connectivity index (χ3v) is 4.87. The molecule has 7 heteroatoms. The summed E-state index contributed by atoms with van der Waals surface area (Å²) in [4.78, 5) is 16.2. The van der Waals surface area contributed by atoms with E-state index in [-0.39, 0.29) is 6.09 Å². The number of ether oxygens (including phenoxy) is 1. The van der Waals surface area contributed by atoms with E-state index in [1.54, 1.807) is 4.90 Å². The third-order valence-electron chi connectivity index (χ3n) is 4.64. The molecule has 0 N–H and O–H groups in total. The van der Waals surface area contributed by atoms with E-state index in [4.69, 9.17) is 21.4 Å². The minimum Gasteiger partial charge on any atom is -0.444 e. The van der Waals surface area contributed by atoms with Gasteiger partial charge in [0, 0.05) is 30.0 Å². The van der Waals surface area contributed by atoms with E-state index in [1.165, 1.54) is 0 Å². The number of nitrogens with zero attached hydrogens (tertiary/aromatic N) is 4. The van der Waals surface area contributed by atoms with Crippen molar-refractivity contribution in [1.82, 2.24) is 19.6 Å². The van der Waals surface area contributed by atoms with Crippen molar-refractivity contribution in [1.29, 1.82) is 0 Å². The van der Waals surface area contributed by atoms with E-state index >= 15 is 0 Å². The molecule has 0 saturated carbocycles. The molecule has 2 aromatic rings. The molecule has 152 valence electrons. The first kappa shape index (κ1) is 20.7. The Morgan fingerprint density at radius 3 is 2.68 bits per heavy atom. The standard InChI is InChI=1S/C21H29ClN4O2/c1-21(2,3)28-20(27)25-10-8-15(9-11-25)19-17-14-16(22)6-7-18(17)26(23-19)13-12-24(4)5/h6-8,14H,9-13H2,1-5H3. The molecule has 28 heavy (non-hydrogen) atoms. The van der Waals surface area contributed by atoms with Crippen LogP contribution in [0.2, 0.25) is 5.02 Å². The van der Waals surface area contributed by atoms with E-state index in [2.05, 4.69) is 25.1 Å². The number of fused-ring (bicyclic) bond motifs is 1. The molecule has 2 heterocycles. The number of hydrogen-bond acceptors (Lipinski definition) is 4. The van der Waals surface area contributed by atoms with E-state index in [9.17, 15) is 4.79 Å². The Balaban J connectivity index is 1.85. The number of carbonyl (C=O) groups is 1. The van der Waals surface area contributed by atoms with E-state index in [0.29, 0.717) is 18.1 Å². The highest BCUT2D eigenvalue weighted by Gasteiger charge is 2.25. The Morgan fingerprint density at radius 1 is 1.32 bits per heavy atom. The van der Waals surface area contributed by atoms with E-state index < -0.39 is 5.60 Å². The molecule has 0 bridgehead atoms. The second kappa shape index (κ2) is 8.13. The summed E-state index contributed by atoms with van der Waals surface area (Å²) >= 11 is 6.26. The molecule has 0 atom stereocenters. The van der Waals surface area contributed by atoms with Gasteiger partial charge in [0.15, 0.2) is 0 Å². The number of likely N-dealkylation sites (N-methyl/N-ethyl adjacent to an activating group) is 1. The number of hydrogen-bond donors (Lipinski definition) is 0. The monoisotopic (exact) mass is 404 g/mol. The number of carbonyl (C=O) groups excluding carboxylic acids is 1. The van der Waals surface area contributed by atoms with Crippen LogP contribution in [0.1, 0.15) is 32.9 Å². The normalized spacial score (nSPS) is 15.2. The Labute approximate surface area is 171 Å². The molecule has 0 fully saturated rings. The van der Waals surface area contributed by atoms with Gasteiger partial charge >= 0.3 is 6.09 Å². The summed E-state index contributed by atoms with van der Waals surface area (Å²) in [5.41, 5.74) is 2.70. The van der Waals surface area contributed by atoms with Gasteiger partial charge in [0.1, 0.15) is 5.60 Å².